The first-order valence-corrected chi connectivity index (χ1v) is 11.4. The van der Waals surface area contributed by atoms with Gasteiger partial charge in [0.1, 0.15) is 0 Å². The van der Waals surface area contributed by atoms with Gasteiger partial charge >= 0.3 is 6.18 Å². The second-order valence-electron chi connectivity index (χ2n) is 7.17. The Labute approximate surface area is 173 Å². The fourth-order valence-electron chi connectivity index (χ4n) is 3.34. The van der Waals surface area contributed by atoms with Crippen molar-refractivity contribution in [1.82, 2.24) is 15.5 Å². The van der Waals surface area contributed by atoms with Crippen molar-refractivity contribution in [3.63, 3.8) is 0 Å². The molecule has 1 aromatic rings. The number of nitrogens with one attached hydrogen (secondary N) is 2. The van der Waals surface area contributed by atoms with Crippen LogP contribution in [0.15, 0.2) is 40.2 Å². The second-order valence-corrected chi connectivity index (χ2v) is 8.74. The van der Waals surface area contributed by atoms with Gasteiger partial charge in [-0.25, -0.2) is 0 Å². The van der Waals surface area contributed by atoms with Gasteiger partial charge in [-0.15, -0.1) is 0 Å². The maximum atomic E-state index is 12.5. The molecule has 2 rings (SSSR count). The molecule has 0 amide bonds. The average molecular weight is 433 g/mol. The zero-order chi connectivity index (χ0) is 21.1. The van der Waals surface area contributed by atoms with E-state index in [2.05, 4.69) is 15.6 Å². The summed E-state index contributed by atoms with van der Waals surface area (Å²) in [5, 5.41) is 6.38. The number of nitrogens with zero attached hydrogens (tertiary/aromatic N) is 2. The molecule has 0 aromatic heterocycles. The van der Waals surface area contributed by atoms with Gasteiger partial charge in [0.25, 0.3) is 0 Å². The number of hydrogen-bond acceptors (Lipinski definition) is 3. The third kappa shape index (κ3) is 9.62. The molecule has 1 atom stereocenters. The first kappa shape index (κ1) is 23.7. The minimum atomic E-state index is -4.12. The normalized spacial score (nSPS) is 17.9. The summed E-state index contributed by atoms with van der Waals surface area (Å²) in [6.45, 7) is 4.06. The van der Waals surface area contributed by atoms with Gasteiger partial charge in [0.05, 0.1) is 17.3 Å². The summed E-state index contributed by atoms with van der Waals surface area (Å²) in [4.78, 5) is 6.85. The Balaban J connectivity index is 1.69. The van der Waals surface area contributed by atoms with E-state index in [0.717, 1.165) is 30.7 Å². The van der Waals surface area contributed by atoms with Crippen molar-refractivity contribution < 1.29 is 17.4 Å². The first-order chi connectivity index (χ1) is 13.9. The van der Waals surface area contributed by atoms with Crippen LogP contribution in [0, 0.1) is 5.92 Å². The van der Waals surface area contributed by atoms with Crippen LogP contribution in [0.1, 0.15) is 26.2 Å². The summed E-state index contributed by atoms with van der Waals surface area (Å²) in [5.41, 5.74) is 0. The van der Waals surface area contributed by atoms with Gasteiger partial charge in [-0.05, 0) is 57.3 Å². The zero-order valence-corrected chi connectivity index (χ0v) is 17.7. The van der Waals surface area contributed by atoms with E-state index in [9.17, 15) is 17.4 Å². The van der Waals surface area contributed by atoms with Crippen LogP contribution in [0.3, 0.4) is 0 Å². The molecule has 0 radical (unpaired) electrons. The first-order valence-electron chi connectivity index (χ1n) is 10.1. The maximum Gasteiger partial charge on any atom is 0.401 e. The van der Waals surface area contributed by atoms with Crippen molar-refractivity contribution in [1.29, 1.82) is 0 Å². The van der Waals surface area contributed by atoms with E-state index in [0.29, 0.717) is 43.8 Å². The van der Waals surface area contributed by atoms with Crippen molar-refractivity contribution in [3.8, 4) is 0 Å². The monoisotopic (exact) mass is 432 g/mol. The zero-order valence-electron chi connectivity index (χ0n) is 16.9. The summed E-state index contributed by atoms with van der Waals surface area (Å²) in [5.74, 6) is 1.59. The highest BCUT2D eigenvalue weighted by atomic mass is 32.2. The van der Waals surface area contributed by atoms with Gasteiger partial charge in [0.15, 0.2) is 5.96 Å². The molecule has 1 unspecified atom stereocenters. The molecule has 5 nitrogen and oxygen atoms in total. The molecule has 1 saturated heterocycles. The lowest BCUT2D eigenvalue weighted by atomic mass is 9.93. The number of likely N-dealkylation sites (tertiary alicyclic amines) is 1. The van der Waals surface area contributed by atoms with Crippen LogP contribution in [-0.2, 0) is 10.8 Å². The molecule has 1 heterocycles. The molecule has 0 spiro atoms. The van der Waals surface area contributed by atoms with E-state index >= 15 is 0 Å². The third-order valence-corrected chi connectivity index (χ3v) is 6.22. The van der Waals surface area contributed by atoms with Gasteiger partial charge in [0.2, 0.25) is 0 Å². The van der Waals surface area contributed by atoms with Crippen LogP contribution in [0.25, 0.3) is 0 Å². The summed E-state index contributed by atoms with van der Waals surface area (Å²) in [7, 11) is -1.05. The number of aliphatic imine (C=N–C) groups is 1. The minimum Gasteiger partial charge on any atom is -0.357 e. The molecule has 0 aliphatic carbocycles. The van der Waals surface area contributed by atoms with Gasteiger partial charge in [-0.2, -0.15) is 13.2 Å². The molecule has 164 valence electrons. The summed E-state index contributed by atoms with van der Waals surface area (Å²) < 4.78 is 49.6. The highest BCUT2D eigenvalue weighted by Gasteiger charge is 2.32. The fraction of sp³-hybridized carbons (Fsp3) is 0.650. The molecule has 0 bridgehead atoms. The Morgan fingerprint density at radius 2 is 1.90 bits per heavy atom. The van der Waals surface area contributed by atoms with E-state index in [1.165, 1.54) is 4.90 Å². The molecular weight excluding hydrogens is 401 g/mol. The predicted molar refractivity (Wildman–Crippen MR) is 112 cm³/mol. The van der Waals surface area contributed by atoms with Crippen LogP contribution < -0.4 is 10.6 Å². The maximum absolute atomic E-state index is 12.5. The smallest absolute Gasteiger partial charge is 0.357 e. The van der Waals surface area contributed by atoms with E-state index < -0.39 is 23.5 Å². The average Bonchev–Trinajstić information content (AvgIpc) is 2.69. The summed E-state index contributed by atoms with van der Waals surface area (Å²) in [6.07, 6.45) is -1.68. The van der Waals surface area contributed by atoms with Gasteiger partial charge in [-0.1, -0.05) is 18.2 Å². The number of halogens is 3. The number of benzene rings is 1. The molecule has 1 aromatic carbocycles. The Hall–Kier alpha value is -1.61. The van der Waals surface area contributed by atoms with E-state index in [1.54, 1.807) is 0 Å². The Kier molecular flexibility index (Phi) is 9.93. The van der Waals surface area contributed by atoms with Crippen molar-refractivity contribution in [3.05, 3.63) is 30.3 Å². The van der Waals surface area contributed by atoms with E-state index in [1.807, 2.05) is 37.3 Å². The second kappa shape index (κ2) is 12.2. The van der Waals surface area contributed by atoms with Crippen LogP contribution in [0.4, 0.5) is 13.2 Å². The quantitative estimate of drug-likeness (QED) is 0.465. The van der Waals surface area contributed by atoms with Crippen LogP contribution in [-0.4, -0.2) is 66.3 Å². The highest BCUT2D eigenvalue weighted by Crippen LogP contribution is 2.24. The largest absolute Gasteiger partial charge is 0.401 e. The van der Waals surface area contributed by atoms with E-state index in [-0.39, 0.29) is 0 Å². The molecular formula is C20H31F3N4OS. The molecule has 9 heteroatoms. The molecule has 1 aliphatic heterocycles. The van der Waals surface area contributed by atoms with Crippen molar-refractivity contribution in [2.75, 3.05) is 45.0 Å². The lowest BCUT2D eigenvalue weighted by Gasteiger charge is -2.32. The number of alkyl halides is 3. The van der Waals surface area contributed by atoms with Crippen molar-refractivity contribution >= 4 is 16.8 Å². The standard InChI is InChI=1S/C20H31F3N4OS/c1-2-24-19(26-12-15-29(28)18-6-4-3-5-7-18)25-11-8-17-9-13-27(14-10-17)16-20(21,22)23/h3-7,17H,2,8-16H2,1H3,(H2,24,25,26). The van der Waals surface area contributed by atoms with Gasteiger partial charge < -0.3 is 10.6 Å². The minimum absolute atomic E-state index is 0.414. The number of guanidine groups is 1. The van der Waals surface area contributed by atoms with E-state index in [4.69, 9.17) is 0 Å². The van der Waals surface area contributed by atoms with Gasteiger partial charge in [-0.3, -0.25) is 14.1 Å². The molecule has 1 aliphatic rings. The van der Waals surface area contributed by atoms with Crippen LogP contribution in [0.5, 0.6) is 0 Å². The van der Waals surface area contributed by atoms with Crippen molar-refractivity contribution in [2.24, 2.45) is 10.9 Å². The Morgan fingerprint density at radius 1 is 1.21 bits per heavy atom. The Bertz CT molecular complexity index is 647. The summed E-state index contributed by atoms with van der Waals surface area (Å²) in [6, 6.07) is 9.36. The third-order valence-electron chi connectivity index (χ3n) is 4.85. The predicted octanol–water partition coefficient (Wildman–Crippen LogP) is 3.01. The molecule has 1 fully saturated rings. The number of rotatable bonds is 9. The SMILES string of the molecule is CCNC(=NCCC1CCN(CC(F)(F)F)CC1)NCCS(=O)c1ccccc1. The number of hydrogen-bond donors (Lipinski definition) is 2. The lowest BCUT2D eigenvalue weighted by molar-refractivity contribution is -0.148. The van der Waals surface area contributed by atoms with Crippen molar-refractivity contribution in [2.45, 2.75) is 37.3 Å². The molecule has 29 heavy (non-hydrogen) atoms. The van der Waals surface area contributed by atoms with Gasteiger partial charge in [0, 0.05) is 30.3 Å². The lowest BCUT2D eigenvalue weighted by Crippen LogP contribution is -2.40. The Morgan fingerprint density at radius 3 is 2.52 bits per heavy atom. The highest BCUT2D eigenvalue weighted by molar-refractivity contribution is 7.85. The van der Waals surface area contributed by atoms with Crippen LogP contribution >= 0.6 is 0 Å². The number of piperidine rings is 1. The molecule has 2 N–H and O–H groups in total. The van der Waals surface area contributed by atoms with Crippen LogP contribution in [0.2, 0.25) is 0 Å². The topological polar surface area (TPSA) is 56.7 Å². The summed E-state index contributed by atoms with van der Waals surface area (Å²) >= 11 is 0. The molecule has 0 saturated carbocycles. The fourth-order valence-corrected chi connectivity index (χ4v) is 4.32.